The van der Waals surface area contributed by atoms with Crippen molar-refractivity contribution in [2.75, 3.05) is 38.3 Å². The van der Waals surface area contributed by atoms with E-state index in [2.05, 4.69) is 16.7 Å². The second kappa shape index (κ2) is 6.94. The lowest BCUT2D eigenvalue weighted by Gasteiger charge is -2.27. The van der Waals surface area contributed by atoms with E-state index in [0.29, 0.717) is 19.6 Å². The van der Waals surface area contributed by atoms with Crippen LogP contribution in [0.5, 0.6) is 5.75 Å². The summed E-state index contributed by atoms with van der Waals surface area (Å²) in [6.45, 7) is 1.51. The fourth-order valence-corrected chi connectivity index (χ4v) is 3.51. The molecule has 0 unspecified atom stereocenters. The van der Waals surface area contributed by atoms with E-state index in [4.69, 9.17) is 9.84 Å². The van der Waals surface area contributed by atoms with Crippen molar-refractivity contribution in [3.8, 4) is 17.6 Å². The Kier molecular flexibility index (Phi) is 5.23. The van der Waals surface area contributed by atoms with Crippen LogP contribution in [0.1, 0.15) is 11.1 Å². The minimum Gasteiger partial charge on any atom is -0.497 e. The molecule has 1 saturated heterocycles. The fourth-order valence-electron chi connectivity index (χ4n) is 2.23. The standard InChI is InChI=1S/C15H19NO4S/c1-20-15-5-4-13(3-2-8-17)14(11-15)12-16-6-9-21(18,19)10-7-16/h4-5,11,17H,6-10,12H2,1H3. The molecular weight excluding hydrogens is 290 g/mol. The number of methoxy groups -OCH3 is 1. The van der Waals surface area contributed by atoms with Gasteiger partial charge < -0.3 is 9.84 Å². The summed E-state index contributed by atoms with van der Waals surface area (Å²) in [6, 6.07) is 5.59. The van der Waals surface area contributed by atoms with E-state index in [1.165, 1.54) is 0 Å². The second-order valence-electron chi connectivity index (χ2n) is 4.91. The third-order valence-corrected chi connectivity index (χ3v) is 5.05. The van der Waals surface area contributed by atoms with Crippen molar-refractivity contribution in [2.45, 2.75) is 6.54 Å². The van der Waals surface area contributed by atoms with Crippen molar-refractivity contribution < 1.29 is 18.3 Å². The lowest BCUT2D eigenvalue weighted by Crippen LogP contribution is -2.39. The van der Waals surface area contributed by atoms with Gasteiger partial charge in [0.05, 0.1) is 18.6 Å². The predicted molar refractivity (Wildman–Crippen MR) is 80.9 cm³/mol. The Morgan fingerprint density at radius 2 is 2.05 bits per heavy atom. The summed E-state index contributed by atoms with van der Waals surface area (Å²) in [5, 5.41) is 8.82. The molecule has 2 rings (SSSR count). The molecule has 1 N–H and O–H groups in total. The number of sulfone groups is 1. The zero-order valence-electron chi connectivity index (χ0n) is 12.0. The van der Waals surface area contributed by atoms with Gasteiger partial charge in [0.2, 0.25) is 0 Å². The Balaban J connectivity index is 2.17. The van der Waals surface area contributed by atoms with Gasteiger partial charge >= 0.3 is 0 Å². The summed E-state index contributed by atoms with van der Waals surface area (Å²) >= 11 is 0. The van der Waals surface area contributed by atoms with Crippen LogP contribution < -0.4 is 4.74 Å². The quantitative estimate of drug-likeness (QED) is 0.812. The van der Waals surface area contributed by atoms with Gasteiger partial charge in [-0.3, -0.25) is 4.90 Å². The van der Waals surface area contributed by atoms with E-state index in [1.54, 1.807) is 7.11 Å². The summed E-state index contributed by atoms with van der Waals surface area (Å²) in [7, 11) is -1.27. The van der Waals surface area contributed by atoms with Crippen LogP contribution in [0, 0.1) is 11.8 Å². The first-order chi connectivity index (χ1) is 10.0. The predicted octanol–water partition coefficient (Wildman–Crippen LogP) is 0.269. The van der Waals surface area contributed by atoms with Crippen LogP contribution >= 0.6 is 0 Å². The number of ether oxygens (including phenoxy) is 1. The summed E-state index contributed by atoms with van der Waals surface area (Å²) in [5.74, 6) is 6.71. The summed E-state index contributed by atoms with van der Waals surface area (Å²) in [6.07, 6.45) is 0. The number of aliphatic hydroxyl groups excluding tert-OH is 1. The van der Waals surface area contributed by atoms with E-state index < -0.39 is 9.84 Å². The van der Waals surface area contributed by atoms with E-state index in [-0.39, 0.29) is 18.1 Å². The maximum Gasteiger partial charge on any atom is 0.152 e. The number of hydrogen-bond acceptors (Lipinski definition) is 5. The minimum absolute atomic E-state index is 0.187. The topological polar surface area (TPSA) is 66.8 Å². The van der Waals surface area contributed by atoms with Crippen LogP contribution in [0.3, 0.4) is 0 Å². The molecule has 0 bridgehead atoms. The average Bonchev–Trinajstić information content (AvgIpc) is 2.48. The summed E-state index contributed by atoms with van der Waals surface area (Å²) in [5.41, 5.74) is 1.81. The number of benzene rings is 1. The van der Waals surface area contributed by atoms with Crippen LogP contribution in [-0.2, 0) is 16.4 Å². The molecule has 0 atom stereocenters. The molecule has 0 aromatic heterocycles. The van der Waals surface area contributed by atoms with Crippen molar-refractivity contribution in [1.82, 2.24) is 4.90 Å². The number of aliphatic hydroxyl groups is 1. The molecule has 21 heavy (non-hydrogen) atoms. The Morgan fingerprint density at radius 3 is 2.67 bits per heavy atom. The van der Waals surface area contributed by atoms with Gasteiger partial charge in [-0.15, -0.1) is 0 Å². The molecule has 1 aromatic carbocycles. The summed E-state index contributed by atoms with van der Waals surface area (Å²) in [4.78, 5) is 2.10. The highest BCUT2D eigenvalue weighted by Crippen LogP contribution is 2.20. The minimum atomic E-state index is -2.87. The Hall–Kier alpha value is -1.55. The molecule has 1 aliphatic heterocycles. The van der Waals surface area contributed by atoms with Crippen LogP contribution in [0.25, 0.3) is 0 Å². The van der Waals surface area contributed by atoms with Crippen molar-refractivity contribution in [1.29, 1.82) is 0 Å². The lowest BCUT2D eigenvalue weighted by molar-refractivity contribution is 0.287. The van der Waals surface area contributed by atoms with Crippen molar-refractivity contribution in [3.63, 3.8) is 0 Å². The van der Waals surface area contributed by atoms with Gasteiger partial charge in [0.15, 0.2) is 9.84 Å². The first-order valence-electron chi connectivity index (χ1n) is 6.73. The van der Waals surface area contributed by atoms with Crippen molar-refractivity contribution in [3.05, 3.63) is 29.3 Å². The Labute approximate surface area is 125 Å². The Morgan fingerprint density at radius 1 is 1.33 bits per heavy atom. The van der Waals surface area contributed by atoms with E-state index in [9.17, 15) is 8.42 Å². The number of rotatable bonds is 3. The van der Waals surface area contributed by atoms with Gasteiger partial charge in [-0.25, -0.2) is 8.42 Å². The molecule has 0 amide bonds. The molecule has 1 aliphatic rings. The van der Waals surface area contributed by atoms with Crippen LogP contribution in [0.2, 0.25) is 0 Å². The largest absolute Gasteiger partial charge is 0.497 e. The molecule has 5 nitrogen and oxygen atoms in total. The van der Waals surface area contributed by atoms with Gasteiger partial charge in [-0.05, 0) is 23.8 Å². The monoisotopic (exact) mass is 309 g/mol. The summed E-state index contributed by atoms with van der Waals surface area (Å²) < 4.78 is 28.1. The molecule has 0 aliphatic carbocycles. The van der Waals surface area contributed by atoms with E-state index in [0.717, 1.165) is 16.9 Å². The maximum atomic E-state index is 11.5. The number of nitrogens with zero attached hydrogens (tertiary/aromatic N) is 1. The van der Waals surface area contributed by atoms with E-state index in [1.807, 2.05) is 18.2 Å². The lowest BCUT2D eigenvalue weighted by atomic mass is 10.1. The Bertz CT molecular complexity index is 644. The van der Waals surface area contributed by atoms with Gasteiger partial charge in [0.1, 0.15) is 12.4 Å². The molecule has 1 aromatic rings. The second-order valence-corrected chi connectivity index (χ2v) is 7.21. The van der Waals surface area contributed by atoms with Crippen molar-refractivity contribution in [2.24, 2.45) is 0 Å². The van der Waals surface area contributed by atoms with Crippen molar-refractivity contribution >= 4 is 9.84 Å². The zero-order chi connectivity index (χ0) is 15.3. The maximum absolute atomic E-state index is 11.5. The highest BCUT2D eigenvalue weighted by molar-refractivity contribution is 7.91. The molecule has 0 radical (unpaired) electrons. The first kappa shape index (κ1) is 15.8. The van der Waals surface area contributed by atoms with Crippen LogP contribution in [-0.4, -0.2) is 56.7 Å². The van der Waals surface area contributed by atoms with Gasteiger partial charge in [-0.2, -0.15) is 0 Å². The van der Waals surface area contributed by atoms with Crippen LogP contribution in [0.4, 0.5) is 0 Å². The SMILES string of the molecule is COc1ccc(C#CCO)c(CN2CCS(=O)(=O)CC2)c1. The van der Waals surface area contributed by atoms with Gasteiger partial charge in [-0.1, -0.05) is 11.8 Å². The zero-order valence-corrected chi connectivity index (χ0v) is 12.8. The third kappa shape index (κ3) is 4.46. The van der Waals surface area contributed by atoms with E-state index >= 15 is 0 Å². The molecule has 0 spiro atoms. The molecule has 1 heterocycles. The van der Waals surface area contributed by atoms with Crippen LogP contribution in [0.15, 0.2) is 18.2 Å². The molecule has 0 saturated carbocycles. The smallest absolute Gasteiger partial charge is 0.152 e. The third-order valence-electron chi connectivity index (χ3n) is 3.45. The average molecular weight is 309 g/mol. The molecule has 6 heteroatoms. The highest BCUT2D eigenvalue weighted by atomic mass is 32.2. The van der Waals surface area contributed by atoms with Gasteiger partial charge in [0.25, 0.3) is 0 Å². The first-order valence-corrected chi connectivity index (χ1v) is 8.55. The molecular formula is C15H19NO4S. The molecule has 1 fully saturated rings. The van der Waals surface area contributed by atoms with Gasteiger partial charge in [0, 0.05) is 25.2 Å². The fraction of sp³-hybridized carbons (Fsp3) is 0.467. The molecule has 114 valence electrons. The normalized spacial score (nSPS) is 17.8. The highest BCUT2D eigenvalue weighted by Gasteiger charge is 2.22. The number of hydrogen-bond donors (Lipinski definition) is 1.